The van der Waals surface area contributed by atoms with Gasteiger partial charge in [0.1, 0.15) is 5.25 Å². The van der Waals surface area contributed by atoms with Crippen molar-refractivity contribution >= 4 is 33.1 Å². The zero-order chi connectivity index (χ0) is 13.2. The van der Waals surface area contributed by atoms with E-state index in [1.807, 2.05) is 0 Å². The Morgan fingerprint density at radius 2 is 1.82 bits per heavy atom. The van der Waals surface area contributed by atoms with Crippen LogP contribution in [0.4, 0.5) is 0 Å². The third-order valence-electron chi connectivity index (χ3n) is 3.06. The second-order valence-corrected chi connectivity index (χ2v) is 6.89. The first-order chi connectivity index (χ1) is 7.76. The van der Waals surface area contributed by atoms with Crippen molar-refractivity contribution in [2.45, 2.75) is 25.0 Å². The molecule has 0 radical (unpaired) electrons. The number of rotatable bonds is 4. The SMILES string of the molecule is CC(C(N)=S)S(=O)(=O)N1CCC(C(N)=O)CC1. The summed E-state index contributed by atoms with van der Waals surface area (Å²) in [5.74, 6) is -0.606. The van der Waals surface area contributed by atoms with E-state index in [9.17, 15) is 13.2 Å². The van der Waals surface area contributed by atoms with E-state index in [0.717, 1.165) is 0 Å². The fourth-order valence-corrected chi connectivity index (χ4v) is 3.59. The smallest absolute Gasteiger partial charge is 0.223 e. The molecule has 0 saturated carbocycles. The summed E-state index contributed by atoms with van der Waals surface area (Å²) in [6.07, 6.45) is 0.914. The van der Waals surface area contributed by atoms with Gasteiger partial charge in [-0.2, -0.15) is 0 Å². The molecule has 1 amide bonds. The van der Waals surface area contributed by atoms with Crippen LogP contribution in [0.15, 0.2) is 0 Å². The summed E-state index contributed by atoms with van der Waals surface area (Å²) >= 11 is 4.70. The largest absolute Gasteiger partial charge is 0.392 e. The van der Waals surface area contributed by atoms with Gasteiger partial charge in [0.2, 0.25) is 15.9 Å². The fourth-order valence-electron chi connectivity index (χ4n) is 1.77. The van der Waals surface area contributed by atoms with Gasteiger partial charge in [0, 0.05) is 19.0 Å². The first-order valence-electron chi connectivity index (χ1n) is 5.34. The van der Waals surface area contributed by atoms with Crippen molar-refractivity contribution in [1.29, 1.82) is 0 Å². The van der Waals surface area contributed by atoms with E-state index in [4.69, 9.17) is 23.7 Å². The van der Waals surface area contributed by atoms with Crippen LogP contribution >= 0.6 is 12.2 Å². The molecule has 8 heteroatoms. The van der Waals surface area contributed by atoms with Crippen LogP contribution in [0.1, 0.15) is 19.8 Å². The lowest BCUT2D eigenvalue weighted by atomic mass is 9.98. The predicted octanol–water partition coefficient (Wildman–Crippen LogP) is -0.812. The number of hydrogen-bond acceptors (Lipinski definition) is 4. The van der Waals surface area contributed by atoms with Gasteiger partial charge in [-0.3, -0.25) is 4.79 Å². The Morgan fingerprint density at radius 3 is 2.18 bits per heavy atom. The van der Waals surface area contributed by atoms with Gasteiger partial charge >= 0.3 is 0 Å². The van der Waals surface area contributed by atoms with Crippen LogP contribution in [-0.4, -0.2) is 42.0 Å². The number of primary amides is 1. The number of thiocarbonyl (C=S) groups is 1. The van der Waals surface area contributed by atoms with Crippen molar-refractivity contribution in [3.05, 3.63) is 0 Å². The van der Waals surface area contributed by atoms with E-state index in [0.29, 0.717) is 25.9 Å². The van der Waals surface area contributed by atoms with E-state index in [1.165, 1.54) is 11.2 Å². The molecular weight excluding hydrogens is 262 g/mol. The number of nitrogens with zero attached hydrogens (tertiary/aromatic N) is 1. The number of piperidine rings is 1. The maximum Gasteiger partial charge on any atom is 0.223 e. The van der Waals surface area contributed by atoms with Crippen LogP contribution in [0.5, 0.6) is 0 Å². The highest BCUT2D eigenvalue weighted by Gasteiger charge is 2.34. The van der Waals surface area contributed by atoms with Crippen LogP contribution in [0, 0.1) is 5.92 Å². The normalized spacial score (nSPS) is 21.0. The molecule has 4 N–H and O–H groups in total. The molecule has 0 aromatic carbocycles. The number of carbonyl (C=O) groups excluding carboxylic acids is 1. The van der Waals surface area contributed by atoms with Crippen LogP contribution in [0.25, 0.3) is 0 Å². The molecule has 1 aliphatic rings. The third kappa shape index (κ3) is 3.14. The molecular formula is C9H17N3O3S2. The van der Waals surface area contributed by atoms with Gasteiger partial charge in [-0.15, -0.1) is 0 Å². The highest BCUT2D eigenvalue weighted by molar-refractivity contribution is 7.92. The number of nitrogens with two attached hydrogens (primary N) is 2. The second-order valence-electron chi connectivity index (χ2n) is 4.17. The Morgan fingerprint density at radius 1 is 1.35 bits per heavy atom. The molecule has 1 rings (SSSR count). The summed E-state index contributed by atoms with van der Waals surface area (Å²) in [6.45, 7) is 2.06. The zero-order valence-corrected chi connectivity index (χ0v) is 11.3. The van der Waals surface area contributed by atoms with E-state index in [-0.39, 0.29) is 16.8 Å². The summed E-state index contributed by atoms with van der Waals surface area (Å²) in [6, 6.07) is 0. The van der Waals surface area contributed by atoms with Gasteiger partial charge in [0.25, 0.3) is 0 Å². The van der Waals surface area contributed by atoms with Crippen LogP contribution in [0.2, 0.25) is 0 Å². The number of carbonyl (C=O) groups is 1. The van der Waals surface area contributed by atoms with Crippen molar-refractivity contribution < 1.29 is 13.2 Å². The molecule has 1 aliphatic heterocycles. The lowest BCUT2D eigenvalue weighted by molar-refractivity contribution is -0.122. The number of hydrogen-bond donors (Lipinski definition) is 2. The molecule has 1 unspecified atom stereocenters. The average molecular weight is 279 g/mol. The van der Waals surface area contributed by atoms with Crippen molar-refractivity contribution in [2.75, 3.05) is 13.1 Å². The summed E-state index contributed by atoms with van der Waals surface area (Å²) in [7, 11) is -3.50. The minimum absolute atomic E-state index is 0.0398. The quantitative estimate of drug-likeness (QED) is 0.654. The number of amides is 1. The van der Waals surface area contributed by atoms with E-state index < -0.39 is 15.3 Å². The summed E-state index contributed by atoms with van der Waals surface area (Å²) in [5.41, 5.74) is 10.5. The molecule has 0 aromatic rings. The zero-order valence-electron chi connectivity index (χ0n) is 9.63. The van der Waals surface area contributed by atoms with Crippen LogP contribution < -0.4 is 11.5 Å². The Kier molecular flexibility index (Phi) is 4.45. The molecule has 6 nitrogen and oxygen atoms in total. The molecule has 0 bridgehead atoms. The van der Waals surface area contributed by atoms with Gasteiger partial charge in [0.15, 0.2) is 0 Å². The minimum atomic E-state index is -3.50. The van der Waals surface area contributed by atoms with Gasteiger partial charge in [-0.1, -0.05) is 12.2 Å². The molecule has 17 heavy (non-hydrogen) atoms. The Balaban J connectivity index is 2.71. The minimum Gasteiger partial charge on any atom is -0.392 e. The topological polar surface area (TPSA) is 106 Å². The Labute approximate surface area is 106 Å². The maximum atomic E-state index is 12.0. The average Bonchev–Trinajstić information content (AvgIpc) is 2.27. The molecule has 1 atom stereocenters. The van der Waals surface area contributed by atoms with Gasteiger partial charge in [0.05, 0.1) is 4.99 Å². The van der Waals surface area contributed by atoms with Gasteiger partial charge in [-0.25, -0.2) is 12.7 Å². The van der Waals surface area contributed by atoms with E-state index >= 15 is 0 Å². The first-order valence-corrected chi connectivity index (χ1v) is 7.25. The summed E-state index contributed by atoms with van der Waals surface area (Å²) < 4.78 is 25.4. The molecule has 0 aliphatic carbocycles. The maximum absolute atomic E-state index is 12.0. The molecule has 0 aromatic heterocycles. The third-order valence-corrected chi connectivity index (χ3v) is 5.80. The number of sulfonamides is 1. The lowest BCUT2D eigenvalue weighted by Crippen LogP contribution is -2.47. The van der Waals surface area contributed by atoms with E-state index in [1.54, 1.807) is 0 Å². The monoisotopic (exact) mass is 279 g/mol. The molecule has 0 spiro atoms. The van der Waals surface area contributed by atoms with Gasteiger partial charge < -0.3 is 11.5 Å². The Hall–Kier alpha value is -0.730. The van der Waals surface area contributed by atoms with E-state index in [2.05, 4.69) is 0 Å². The van der Waals surface area contributed by atoms with Crippen LogP contribution in [0.3, 0.4) is 0 Å². The van der Waals surface area contributed by atoms with Crippen LogP contribution in [-0.2, 0) is 14.8 Å². The van der Waals surface area contributed by atoms with Crippen molar-refractivity contribution in [2.24, 2.45) is 17.4 Å². The Bertz CT molecular complexity index is 413. The van der Waals surface area contributed by atoms with Crippen molar-refractivity contribution in [1.82, 2.24) is 4.31 Å². The highest BCUT2D eigenvalue weighted by Crippen LogP contribution is 2.21. The molecule has 98 valence electrons. The predicted molar refractivity (Wildman–Crippen MR) is 68.7 cm³/mol. The fraction of sp³-hybridized carbons (Fsp3) is 0.778. The standard InChI is InChI=1S/C9H17N3O3S2/c1-6(9(11)16)17(14,15)12-4-2-7(3-5-12)8(10)13/h6-7H,2-5H2,1H3,(H2,10,13)(H2,11,16). The first kappa shape index (κ1) is 14.3. The second kappa shape index (κ2) is 5.28. The lowest BCUT2D eigenvalue weighted by Gasteiger charge is -2.31. The molecule has 1 heterocycles. The molecule has 1 saturated heterocycles. The van der Waals surface area contributed by atoms with Crippen molar-refractivity contribution in [3.8, 4) is 0 Å². The molecule has 1 fully saturated rings. The summed E-state index contributed by atoms with van der Waals surface area (Å²) in [5, 5.41) is -0.873. The highest BCUT2D eigenvalue weighted by atomic mass is 32.2. The van der Waals surface area contributed by atoms with Crippen molar-refractivity contribution in [3.63, 3.8) is 0 Å². The summed E-state index contributed by atoms with van der Waals surface area (Å²) in [4.78, 5) is 10.9. The van der Waals surface area contributed by atoms with Gasteiger partial charge in [-0.05, 0) is 19.8 Å².